The number of rotatable bonds is 7. The van der Waals surface area contributed by atoms with E-state index in [4.69, 9.17) is 25.8 Å². The van der Waals surface area contributed by atoms with E-state index in [2.05, 4.69) is 0 Å². The van der Waals surface area contributed by atoms with Gasteiger partial charge in [-0.15, -0.1) is 0 Å². The van der Waals surface area contributed by atoms with Crippen LogP contribution in [-0.2, 0) is 4.74 Å². The smallest absolute Gasteiger partial charge is 0.338 e. The molecule has 2 aromatic rings. The molecule has 1 atom stereocenters. The first kappa shape index (κ1) is 19.8. The lowest BCUT2D eigenvalue weighted by Gasteiger charge is -2.15. The van der Waals surface area contributed by atoms with Crippen molar-refractivity contribution in [3.8, 4) is 11.5 Å². The van der Waals surface area contributed by atoms with Crippen LogP contribution in [0, 0.1) is 0 Å². The zero-order valence-electron chi connectivity index (χ0n) is 15.1. The van der Waals surface area contributed by atoms with Crippen LogP contribution >= 0.6 is 11.6 Å². The molecule has 0 bridgehead atoms. The van der Waals surface area contributed by atoms with E-state index in [0.717, 1.165) is 0 Å². The number of hydrogen-bond donors (Lipinski definition) is 0. The Labute approximate surface area is 157 Å². The van der Waals surface area contributed by atoms with Gasteiger partial charge in [-0.2, -0.15) is 0 Å². The summed E-state index contributed by atoms with van der Waals surface area (Å²) in [4.78, 5) is 24.7. The second-order valence-corrected chi connectivity index (χ2v) is 6.39. The Morgan fingerprint density at radius 1 is 0.923 bits per heavy atom. The fourth-order valence-corrected chi connectivity index (χ4v) is 2.40. The average molecular weight is 377 g/mol. The maximum atomic E-state index is 12.4. The van der Waals surface area contributed by atoms with Gasteiger partial charge in [0.05, 0.1) is 18.8 Å². The normalized spacial score (nSPS) is 11.8. The molecule has 6 heteroatoms. The summed E-state index contributed by atoms with van der Waals surface area (Å²) in [6, 6.07) is 11.2. The molecule has 0 N–H and O–H groups in total. The fourth-order valence-electron chi connectivity index (χ4n) is 2.28. The van der Waals surface area contributed by atoms with Crippen molar-refractivity contribution in [1.82, 2.24) is 0 Å². The minimum absolute atomic E-state index is 0.0290. The van der Waals surface area contributed by atoms with E-state index >= 15 is 0 Å². The lowest BCUT2D eigenvalue weighted by Crippen LogP contribution is -2.24. The summed E-state index contributed by atoms with van der Waals surface area (Å²) in [6.45, 7) is 5.32. The predicted octanol–water partition coefficient (Wildman–Crippen LogP) is 4.56. The summed E-state index contributed by atoms with van der Waals surface area (Å²) in [6.07, 6.45) is -0.958. The van der Waals surface area contributed by atoms with Crippen molar-refractivity contribution in [2.45, 2.75) is 33.0 Å². The molecule has 0 fully saturated rings. The molecule has 5 nitrogen and oxygen atoms in total. The van der Waals surface area contributed by atoms with Crippen molar-refractivity contribution in [1.29, 1.82) is 0 Å². The van der Waals surface area contributed by atoms with Gasteiger partial charge >= 0.3 is 5.97 Å². The van der Waals surface area contributed by atoms with Crippen LogP contribution in [0.4, 0.5) is 0 Å². The molecule has 2 aromatic carbocycles. The molecule has 0 saturated heterocycles. The lowest BCUT2D eigenvalue weighted by atomic mass is 10.1. The van der Waals surface area contributed by atoms with Crippen LogP contribution in [-0.4, -0.2) is 31.1 Å². The van der Waals surface area contributed by atoms with Crippen LogP contribution in [0.5, 0.6) is 11.5 Å². The Bertz CT molecular complexity index is 783. The van der Waals surface area contributed by atoms with E-state index < -0.39 is 12.1 Å². The highest BCUT2D eigenvalue weighted by molar-refractivity contribution is 6.30. The van der Waals surface area contributed by atoms with Crippen LogP contribution in [0.1, 0.15) is 41.5 Å². The van der Waals surface area contributed by atoms with Gasteiger partial charge in [-0.05, 0) is 63.2 Å². The van der Waals surface area contributed by atoms with E-state index in [0.29, 0.717) is 22.1 Å². The average Bonchev–Trinajstić information content (AvgIpc) is 2.61. The molecular formula is C20H21ClO5. The molecule has 26 heavy (non-hydrogen) atoms. The Balaban J connectivity index is 2.11. The van der Waals surface area contributed by atoms with Crippen LogP contribution in [0.3, 0.4) is 0 Å². The number of esters is 1. The zero-order valence-corrected chi connectivity index (χ0v) is 15.9. The van der Waals surface area contributed by atoms with Crippen LogP contribution in [0.25, 0.3) is 0 Å². The van der Waals surface area contributed by atoms with Gasteiger partial charge in [-0.25, -0.2) is 4.79 Å². The number of ketones is 1. The van der Waals surface area contributed by atoms with Gasteiger partial charge in [-0.1, -0.05) is 11.6 Å². The van der Waals surface area contributed by atoms with Gasteiger partial charge in [-0.3, -0.25) is 4.79 Å². The fraction of sp³-hybridized carbons (Fsp3) is 0.300. The predicted molar refractivity (Wildman–Crippen MR) is 99.4 cm³/mol. The Morgan fingerprint density at radius 3 is 2.12 bits per heavy atom. The summed E-state index contributed by atoms with van der Waals surface area (Å²) in [5, 5.41) is 0.530. The largest absolute Gasteiger partial charge is 0.493 e. The minimum atomic E-state index is -0.929. The Morgan fingerprint density at radius 2 is 1.54 bits per heavy atom. The lowest BCUT2D eigenvalue weighted by molar-refractivity contribution is 0.0318. The van der Waals surface area contributed by atoms with Crippen LogP contribution < -0.4 is 9.47 Å². The topological polar surface area (TPSA) is 61.8 Å². The number of hydrogen-bond acceptors (Lipinski definition) is 5. The number of benzene rings is 2. The number of carbonyl (C=O) groups is 2. The van der Waals surface area contributed by atoms with E-state index in [9.17, 15) is 9.59 Å². The van der Waals surface area contributed by atoms with Crippen molar-refractivity contribution < 1.29 is 23.8 Å². The second-order valence-electron chi connectivity index (χ2n) is 5.95. The number of carbonyl (C=O) groups excluding carboxylic acids is 2. The Hall–Kier alpha value is -2.53. The zero-order chi connectivity index (χ0) is 19.3. The van der Waals surface area contributed by atoms with E-state index in [1.165, 1.54) is 20.1 Å². The molecule has 0 saturated carbocycles. The van der Waals surface area contributed by atoms with Crippen molar-refractivity contribution in [3.63, 3.8) is 0 Å². The Kier molecular flexibility index (Phi) is 6.64. The van der Waals surface area contributed by atoms with Crippen LogP contribution in [0.2, 0.25) is 5.02 Å². The number of methoxy groups -OCH3 is 1. The molecule has 1 unspecified atom stereocenters. The maximum absolute atomic E-state index is 12.4. The highest BCUT2D eigenvalue weighted by Gasteiger charge is 2.21. The third-order valence-electron chi connectivity index (χ3n) is 3.54. The molecule has 0 amide bonds. The summed E-state index contributed by atoms with van der Waals surface area (Å²) < 4.78 is 16.2. The monoisotopic (exact) mass is 376 g/mol. The third-order valence-corrected chi connectivity index (χ3v) is 3.80. The van der Waals surface area contributed by atoms with E-state index in [-0.39, 0.29) is 17.5 Å². The van der Waals surface area contributed by atoms with E-state index in [1.54, 1.807) is 36.4 Å². The maximum Gasteiger partial charge on any atom is 0.338 e. The van der Waals surface area contributed by atoms with Gasteiger partial charge in [0.25, 0.3) is 0 Å². The van der Waals surface area contributed by atoms with E-state index in [1.807, 2.05) is 13.8 Å². The first-order valence-electron chi connectivity index (χ1n) is 8.17. The van der Waals surface area contributed by atoms with Gasteiger partial charge in [0.1, 0.15) is 0 Å². The van der Waals surface area contributed by atoms with Gasteiger partial charge < -0.3 is 14.2 Å². The molecular weight excluding hydrogens is 356 g/mol. The molecule has 2 rings (SSSR count). The van der Waals surface area contributed by atoms with Gasteiger partial charge in [0.2, 0.25) is 5.78 Å². The molecule has 138 valence electrons. The summed E-state index contributed by atoms with van der Waals surface area (Å²) in [5.41, 5.74) is 0.696. The van der Waals surface area contributed by atoms with Crippen LogP contribution in [0.15, 0.2) is 42.5 Å². The number of ether oxygens (including phenoxy) is 3. The molecule has 0 aliphatic rings. The highest BCUT2D eigenvalue weighted by Crippen LogP contribution is 2.29. The first-order valence-corrected chi connectivity index (χ1v) is 8.55. The first-order chi connectivity index (χ1) is 12.3. The summed E-state index contributed by atoms with van der Waals surface area (Å²) >= 11 is 5.81. The van der Waals surface area contributed by atoms with Gasteiger partial charge in [0.15, 0.2) is 17.6 Å². The van der Waals surface area contributed by atoms with Gasteiger partial charge in [0, 0.05) is 10.6 Å². The molecule has 0 aromatic heterocycles. The molecule has 0 aliphatic heterocycles. The minimum Gasteiger partial charge on any atom is -0.493 e. The van der Waals surface area contributed by atoms with Crippen molar-refractivity contribution in [2.24, 2.45) is 0 Å². The summed E-state index contributed by atoms with van der Waals surface area (Å²) in [5.74, 6) is 0.0325. The molecule has 0 aliphatic carbocycles. The highest BCUT2D eigenvalue weighted by atomic mass is 35.5. The van der Waals surface area contributed by atoms with Crippen molar-refractivity contribution in [3.05, 3.63) is 58.6 Å². The second kappa shape index (κ2) is 8.72. The van der Waals surface area contributed by atoms with Crippen molar-refractivity contribution in [2.75, 3.05) is 7.11 Å². The van der Waals surface area contributed by atoms with Crippen molar-refractivity contribution >= 4 is 23.4 Å². The third kappa shape index (κ3) is 4.99. The molecule has 0 radical (unpaired) electrons. The quantitative estimate of drug-likeness (QED) is 0.523. The molecule has 0 heterocycles. The SMILES string of the molecule is COc1cc(C(=O)OC(C)C(=O)c2ccc(Cl)cc2)ccc1OC(C)C. The number of halogens is 1. The standard InChI is InChI=1S/C20H21ClO5/c1-12(2)25-17-10-7-15(11-18(17)24-4)20(23)26-13(3)19(22)14-5-8-16(21)9-6-14/h5-13H,1-4H3. The molecule has 0 spiro atoms. The summed E-state index contributed by atoms with van der Waals surface area (Å²) in [7, 11) is 1.49. The number of Topliss-reactive ketones (excluding diaryl/α,β-unsaturated/α-hetero) is 1.